The standard InChI is InChI=1S/C22H31N5O3/c1-17(2)14-27-10-11-30-20(15-27)13-24-22(29)18-4-3-5-19(12-18)25-21(28)6-8-26-9-7-23-16-26/h3-5,7,9,12,16-17,20H,6,8,10-11,13-15H2,1-2H3,(H,24,29)(H,25,28). The normalized spacial score (nSPS) is 17.1. The summed E-state index contributed by atoms with van der Waals surface area (Å²) >= 11 is 0. The molecule has 1 aliphatic rings. The first-order valence-corrected chi connectivity index (χ1v) is 10.5. The second-order valence-electron chi connectivity index (χ2n) is 8.04. The third-order valence-electron chi connectivity index (χ3n) is 4.90. The van der Waals surface area contributed by atoms with E-state index in [0.29, 0.717) is 43.3 Å². The maximum atomic E-state index is 12.6. The van der Waals surface area contributed by atoms with Gasteiger partial charge in [-0.25, -0.2) is 4.98 Å². The molecule has 1 aromatic heterocycles. The number of anilines is 1. The number of aryl methyl sites for hydroxylation is 1. The Morgan fingerprint density at radius 2 is 2.20 bits per heavy atom. The lowest BCUT2D eigenvalue weighted by Crippen LogP contribution is -2.48. The lowest BCUT2D eigenvalue weighted by Gasteiger charge is -2.33. The summed E-state index contributed by atoms with van der Waals surface area (Å²) in [4.78, 5) is 31.1. The van der Waals surface area contributed by atoms with Crippen molar-refractivity contribution >= 4 is 17.5 Å². The van der Waals surface area contributed by atoms with Gasteiger partial charge < -0.3 is 19.9 Å². The van der Waals surface area contributed by atoms with Crippen molar-refractivity contribution in [2.45, 2.75) is 32.9 Å². The van der Waals surface area contributed by atoms with Crippen molar-refractivity contribution in [3.63, 3.8) is 0 Å². The molecule has 2 heterocycles. The number of aromatic nitrogens is 2. The van der Waals surface area contributed by atoms with E-state index in [1.54, 1.807) is 36.8 Å². The molecule has 2 N–H and O–H groups in total. The predicted molar refractivity (Wildman–Crippen MR) is 115 cm³/mol. The van der Waals surface area contributed by atoms with Crippen molar-refractivity contribution in [3.05, 3.63) is 48.5 Å². The summed E-state index contributed by atoms with van der Waals surface area (Å²) in [6.07, 6.45) is 5.50. The fraction of sp³-hybridized carbons (Fsp3) is 0.500. The third kappa shape index (κ3) is 6.96. The van der Waals surface area contributed by atoms with Gasteiger partial charge in [-0.15, -0.1) is 0 Å². The minimum absolute atomic E-state index is 0.00693. The Morgan fingerprint density at radius 3 is 2.97 bits per heavy atom. The number of ether oxygens (including phenoxy) is 1. The number of carbonyl (C=O) groups is 2. The molecular formula is C22H31N5O3. The van der Waals surface area contributed by atoms with Crippen LogP contribution in [0.1, 0.15) is 30.6 Å². The van der Waals surface area contributed by atoms with E-state index < -0.39 is 0 Å². The third-order valence-corrected chi connectivity index (χ3v) is 4.90. The molecular weight excluding hydrogens is 382 g/mol. The molecule has 0 saturated carbocycles. The molecule has 0 radical (unpaired) electrons. The number of nitrogens with zero attached hydrogens (tertiary/aromatic N) is 3. The zero-order valence-corrected chi connectivity index (χ0v) is 17.7. The number of morpholine rings is 1. The van der Waals surface area contributed by atoms with Crippen LogP contribution in [0.4, 0.5) is 5.69 Å². The van der Waals surface area contributed by atoms with Gasteiger partial charge in [0.2, 0.25) is 5.91 Å². The van der Waals surface area contributed by atoms with Crippen molar-refractivity contribution in [2.24, 2.45) is 5.92 Å². The molecule has 0 aliphatic carbocycles. The Hall–Kier alpha value is -2.71. The SMILES string of the molecule is CC(C)CN1CCOC(CNC(=O)c2cccc(NC(=O)CCn3ccnc3)c2)C1. The first-order chi connectivity index (χ1) is 14.5. The van der Waals surface area contributed by atoms with Crippen LogP contribution < -0.4 is 10.6 Å². The molecule has 30 heavy (non-hydrogen) atoms. The summed E-state index contributed by atoms with van der Waals surface area (Å²) in [6, 6.07) is 6.97. The Morgan fingerprint density at radius 1 is 1.33 bits per heavy atom. The molecule has 1 fully saturated rings. The molecule has 2 aromatic rings. The first kappa shape index (κ1) is 22.0. The highest BCUT2D eigenvalue weighted by Gasteiger charge is 2.21. The zero-order chi connectivity index (χ0) is 21.3. The van der Waals surface area contributed by atoms with Crippen LogP contribution >= 0.6 is 0 Å². The van der Waals surface area contributed by atoms with Crippen LogP contribution in [0, 0.1) is 5.92 Å². The smallest absolute Gasteiger partial charge is 0.251 e. The van der Waals surface area contributed by atoms with E-state index in [-0.39, 0.29) is 17.9 Å². The van der Waals surface area contributed by atoms with Gasteiger partial charge in [0.1, 0.15) is 0 Å². The minimum atomic E-state index is -0.172. The van der Waals surface area contributed by atoms with Crippen LogP contribution in [0.3, 0.4) is 0 Å². The molecule has 1 aromatic carbocycles. The molecule has 8 heteroatoms. The van der Waals surface area contributed by atoms with E-state index in [2.05, 4.69) is 34.4 Å². The molecule has 0 bridgehead atoms. The molecule has 3 rings (SSSR count). The van der Waals surface area contributed by atoms with Gasteiger partial charge in [-0.1, -0.05) is 19.9 Å². The summed E-state index contributed by atoms with van der Waals surface area (Å²) in [7, 11) is 0. The number of nitrogens with one attached hydrogen (secondary N) is 2. The molecule has 1 atom stereocenters. The number of hydrogen-bond acceptors (Lipinski definition) is 5. The summed E-state index contributed by atoms with van der Waals surface area (Å²) in [6.45, 7) is 8.92. The van der Waals surface area contributed by atoms with Gasteiger partial charge in [-0.05, 0) is 24.1 Å². The average Bonchev–Trinajstić information content (AvgIpc) is 3.24. The van der Waals surface area contributed by atoms with E-state index >= 15 is 0 Å². The Balaban J connectivity index is 1.46. The highest BCUT2D eigenvalue weighted by atomic mass is 16.5. The zero-order valence-electron chi connectivity index (χ0n) is 17.7. The Bertz CT molecular complexity index is 822. The Labute approximate surface area is 177 Å². The van der Waals surface area contributed by atoms with Crippen molar-refractivity contribution in [1.82, 2.24) is 19.8 Å². The van der Waals surface area contributed by atoms with Gasteiger partial charge >= 0.3 is 0 Å². The van der Waals surface area contributed by atoms with Crippen LogP contribution in [0.2, 0.25) is 0 Å². The topological polar surface area (TPSA) is 88.5 Å². The number of imidazole rings is 1. The molecule has 2 amide bonds. The van der Waals surface area contributed by atoms with Crippen LogP contribution in [0.25, 0.3) is 0 Å². The molecule has 1 aliphatic heterocycles. The first-order valence-electron chi connectivity index (χ1n) is 10.5. The Kier molecular flexibility index (Phi) is 7.98. The number of rotatable bonds is 9. The second-order valence-corrected chi connectivity index (χ2v) is 8.04. The highest BCUT2D eigenvalue weighted by molar-refractivity contribution is 5.97. The summed E-state index contributed by atoms with van der Waals surface area (Å²) in [5, 5.41) is 5.80. The van der Waals surface area contributed by atoms with Crippen LogP contribution in [-0.4, -0.2) is 65.2 Å². The molecule has 1 saturated heterocycles. The van der Waals surface area contributed by atoms with Crippen LogP contribution in [0.15, 0.2) is 43.0 Å². The monoisotopic (exact) mass is 413 g/mol. The molecule has 162 valence electrons. The molecule has 8 nitrogen and oxygen atoms in total. The van der Waals surface area contributed by atoms with Gasteiger partial charge in [0.25, 0.3) is 5.91 Å². The average molecular weight is 414 g/mol. The lowest BCUT2D eigenvalue weighted by molar-refractivity contribution is -0.116. The van der Waals surface area contributed by atoms with Gasteiger partial charge in [0.15, 0.2) is 0 Å². The van der Waals surface area contributed by atoms with E-state index in [1.165, 1.54) is 0 Å². The lowest BCUT2D eigenvalue weighted by atomic mass is 10.1. The van der Waals surface area contributed by atoms with E-state index in [4.69, 9.17) is 4.74 Å². The van der Waals surface area contributed by atoms with Gasteiger partial charge in [-0.2, -0.15) is 0 Å². The van der Waals surface area contributed by atoms with Gasteiger partial charge in [0.05, 0.1) is 19.0 Å². The number of benzene rings is 1. The largest absolute Gasteiger partial charge is 0.374 e. The van der Waals surface area contributed by atoms with Crippen molar-refractivity contribution in [1.29, 1.82) is 0 Å². The second kappa shape index (κ2) is 10.9. The van der Waals surface area contributed by atoms with Crippen molar-refractivity contribution < 1.29 is 14.3 Å². The van der Waals surface area contributed by atoms with E-state index in [9.17, 15) is 9.59 Å². The van der Waals surface area contributed by atoms with Crippen molar-refractivity contribution in [3.8, 4) is 0 Å². The van der Waals surface area contributed by atoms with E-state index in [0.717, 1.165) is 19.6 Å². The maximum absolute atomic E-state index is 12.6. The summed E-state index contributed by atoms with van der Waals surface area (Å²) in [5.41, 5.74) is 1.12. The fourth-order valence-electron chi connectivity index (χ4n) is 3.51. The minimum Gasteiger partial charge on any atom is -0.374 e. The van der Waals surface area contributed by atoms with Gasteiger partial charge in [0, 0.05) is 62.8 Å². The number of carbonyl (C=O) groups excluding carboxylic acids is 2. The fourth-order valence-corrected chi connectivity index (χ4v) is 3.51. The van der Waals surface area contributed by atoms with Crippen LogP contribution in [-0.2, 0) is 16.1 Å². The van der Waals surface area contributed by atoms with Crippen LogP contribution in [0.5, 0.6) is 0 Å². The van der Waals surface area contributed by atoms with Gasteiger partial charge in [-0.3, -0.25) is 14.5 Å². The summed E-state index contributed by atoms with van der Waals surface area (Å²) in [5.74, 6) is 0.326. The highest BCUT2D eigenvalue weighted by Crippen LogP contribution is 2.12. The maximum Gasteiger partial charge on any atom is 0.251 e. The van der Waals surface area contributed by atoms with E-state index in [1.807, 2.05) is 10.8 Å². The quantitative estimate of drug-likeness (QED) is 0.656. The number of amides is 2. The number of hydrogen-bond donors (Lipinski definition) is 2. The molecule has 0 spiro atoms. The predicted octanol–water partition coefficient (Wildman–Crippen LogP) is 2.00. The summed E-state index contributed by atoms with van der Waals surface area (Å²) < 4.78 is 7.64. The molecule has 1 unspecified atom stereocenters. The van der Waals surface area contributed by atoms with Crippen molar-refractivity contribution in [2.75, 3.05) is 38.1 Å².